The lowest BCUT2D eigenvalue weighted by Crippen LogP contribution is -2.39. The molecule has 2 rings (SSSR count). The van der Waals surface area contributed by atoms with Gasteiger partial charge in [-0.3, -0.25) is 14.9 Å². The molecule has 0 aromatic heterocycles. The van der Waals surface area contributed by atoms with E-state index in [9.17, 15) is 14.9 Å². The molecule has 1 fully saturated rings. The van der Waals surface area contributed by atoms with Crippen LogP contribution in [0.3, 0.4) is 0 Å². The molecular weight excluding hydrogens is 296 g/mol. The molecule has 6 heteroatoms. The maximum absolute atomic E-state index is 12.2. The predicted octanol–water partition coefficient (Wildman–Crippen LogP) is 3.54. The fraction of sp³-hybridized carbons (Fsp3) is 0.588. The molecule has 1 aromatic carbocycles. The number of nitro benzene ring substituents is 1. The summed E-state index contributed by atoms with van der Waals surface area (Å²) >= 11 is 0. The summed E-state index contributed by atoms with van der Waals surface area (Å²) in [6.07, 6.45) is 2.28. The largest absolute Gasteiger partial charge is 0.459 e. The number of anilines is 1. The van der Waals surface area contributed by atoms with Gasteiger partial charge in [0.15, 0.2) is 0 Å². The van der Waals surface area contributed by atoms with Crippen LogP contribution in [0.4, 0.5) is 11.4 Å². The number of hydrogen-bond donors (Lipinski definition) is 0. The topological polar surface area (TPSA) is 72.7 Å². The van der Waals surface area contributed by atoms with Gasteiger partial charge in [-0.2, -0.15) is 0 Å². The Morgan fingerprint density at radius 1 is 1.30 bits per heavy atom. The van der Waals surface area contributed by atoms with Crippen molar-refractivity contribution in [2.75, 3.05) is 18.0 Å². The van der Waals surface area contributed by atoms with Crippen LogP contribution in [0.25, 0.3) is 0 Å². The Morgan fingerprint density at radius 3 is 2.35 bits per heavy atom. The third-order valence-electron chi connectivity index (χ3n) is 4.48. The van der Waals surface area contributed by atoms with Gasteiger partial charge in [0.1, 0.15) is 5.60 Å². The molecule has 0 spiro atoms. The molecule has 0 atom stereocenters. The Bertz CT molecular complexity index is 560. The van der Waals surface area contributed by atoms with Crippen LogP contribution in [0.2, 0.25) is 0 Å². The first kappa shape index (κ1) is 17.2. The van der Waals surface area contributed by atoms with Crippen molar-refractivity contribution in [3.8, 4) is 0 Å². The summed E-state index contributed by atoms with van der Waals surface area (Å²) in [7, 11) is 0. The first-order chi connectivity index (χ1) is 10.8. The van der Waals surface area contributed by atoms with Gasteiger partial charge in [-0.25, -0.2) is 0 Å². The second-order valence-electron chi connectivity index (χ2n) is 6.57. The highest BCUT2D eigenvalue weighted by atomic mass is 16.6. The lowest BCUT2D eigenvalue weighted by atomic mass is 9.96. The number of rotatable bonds is 5. The predicted molar refractivity (Wildman–Crippen MR) is 88.5 cm³/mol. The average Bonchev–Trinajstić information content (AvgIpc) is 2.54. The molecule has 126 valence electrons. The van der Waals surface area contributed by atoms with Gasteiger partial charge in [-0.15, -0.1) is 0 Å². The number of carbonyl (C=O) groups is 1. The monoisotopic (exact) mass is 320 g/mol. The molecule has 0 amide bonds. The molecule has 23 heavy (non-hydrogen) atoms. The van der Waals surface area contributed by atoms with Crippen molar-refractivity contribution < 1.29 is 14.5 Å². The third kappa shape index (κ3) is 4.43. The summed E-state index contributed by atoms with van der Waals surface area (Å²) in [6.45, 7) is 7.37. The number of piperidine rings is 1. The molecule has 1 heterocycles. The number of ether oxygens (including phenoxy) is 1. The number of nitro groups is 1. The first-order valence-electron chi connectivity index (χ1n) is 8.04. The second-order valence-corrected chi connectivity index (χ2v) is 6.57. The molecule has 0 aliphatic carbocycles. The average molecular weight is 320 g/mol. The minimum Gasteiger partial charge on any atom is -0.459 e. The van der Waals surface area contributed by atoms with Gasteiger partial charge >= 0.3 is 5.97 Å². The van der Waals surface area contributed by atoms with Crippen LogP contribution >= 0.6 is 0 Å². The quantitative estimate of drug-likeness (QED) is 0.471. The van der Waals surface area contributed by atoms with Crippen LogP contribution < -0.4 is 4.90 Å². The van der Waals surface area contributed by atoms with Crippen molar-refractivity contribution in [2.45, 2.75) is 45.6 Å². The van der Waals surface area contributed by atoms with Crippen molar-refractivity contribution in [3.05, 3.63) is 34.4 Å². The molecule has 0 N–H and O–H groups in total. The van der Waals surface area contributed by atoms with Crippen LogP contribution in [0.1, 0.15) is 40.0 Å². The highest BCUT2D eigenvalue weighted by molar-refractivity contribution is 5.73. The molecule has 0 bridgehead atoms. The summed E-state index contributed by atoms with van der Waals surface area (Å²) in [6, 6.07) is 6.55. The van der Waals surface area contributed by atoms with E-state index in [-0.39, 0.29) is 17.6 Å². The SMILES string of the molecule is CCC(C)(C)OC(=O)C1CCN(c2ccc([N+](=O)[O-])cc2)CC1. The van der Waals surface area contributed by atoms with E-state index in [4.69, 9.17) is 4.74 Å². The number of non-ortho nitro benzene ring substituents is 1. The minimum absolute atomic E-state index is 0.0601. The van der Waals surface area contributed by atoms with E-state index in [0.717, 1.165) is 38.0 Å². The fourth-order valence-corrected chi connectivity index (χ4v) is 2.59. The zero-order valence-corrected chi connectivity index (χ0v) is 13.9. The van der Waals surface area contributed by atoms with Crippen LogP contribution in [-0.4, -0.2) is 29.6 Å². The van der Waals surface area contributed by atoms with Crippen LogP contribution in [0, 0.1) is 16.0 Å². The van der Waals surface area contributed by atoms with Gasteiger partial charge in [0.2, 0.25) is 0 Å². The number of esters is 1. The Morgan fingerprint density at radius 2 is 1.87 bits per heavy atom. The van der Waals surface area contributed by atoms with E-state index >= 15 is 0 Å². The Kier molecular flexibility index (Phi) is 5.23. The Labute approximate surface area is 136 Å². The van der Waals surface area contributed by atoms with E-state index in [1.54, 1.807) is 12.1 Å². The van der Waals surface area contributed by atoms with Gasteiger partial charge in [0, 0.05) is 30.9 Å². The number of carbonyl (C=O) groups excluding carboxylic acids is 1. The van der Waals surface area contributed by atoms with Crippen molar-refractivity contribution in [2.24, 2.45) is 5.92 Å². The lowest BCUT2D eigenvalue weighted by molar-refractivity contribution is -0.384. The smallest absolute Gasteiger partial charge is 0.309 e. The molecule has 1 saturated heterocycles. The number of hydrogen-bond acceptors (Lipinski definition) is 5. The first-order valence-corrected chi connectivity index (χ1v) is 8.04. The van der Waals surface area contributed by atoms with Crippen molar-refractivity contribution >= 4 is 17.3 Å². The van der Waals surface area contributed by atoms with Crippen molar-refractivity contribution in [1.29, 1.82) is 0 Å². The third-order valence-corrected chi connectivity index (χ3v) is 4.48. The van der Waals surface area contributed by atoms with Gasteiger partial charge in [-0.1, -0.05) is 6.92 Å². The molecule has 1 aliphatic heterocycles. The summed E-state index contributed by atoms with van der Waals surface area (Å²) in [5.74, 6) is -0.171. The molecule has 1 aromatic rings. The van der Waals surface area contributed by atoms with E-state index in [0.29, 0.717) is 0 Å². The zero-order valence-electron chi connectivity index (χ0n) is 13.9. The van der Waals surface area contributed by atoms with Gasteiger partial charge < -0.3 is 9.64 Å². The zero-order chi connectivity index (χ0) is 17.0. The van der Waals surface area contributed by atoms with Gasteiger partial charge in [0.05, 0.1) is 10.8 Å². The van der Waals surface area contributed by atoms with Gasteiger partial charge in [-0.05, 0) is 45.2 Å². The number of nitrogens with zero attached hydrogens (tertiary/aromatic N) is 2. The normalized spacial score (nSPS) is 16.2. The Balaban J connectivity index is 1.90. The van der Waals surface area contributed by atoms with Crippen LogP contribution in [0.5, 0.6) is 0 Å². The van der Waals surface area contributed by atoms with Crippen molar-refractivity contribution in [3.63, 3.8) is 0 Å². The maximum atomic E-state index is 12.2. The summed E-state index contributed by atoms with van der Waals surface area (Å²) in [4.78, 5) is 24.7. The molecule has 0 saturated carbocycles. The summed E-state index contributed by atoms with van der Waals surface area (Å²) < 4.78 is 5.58. The Hall–Kier alpha value is -2.11. The lowest BCUT2D eigenvalue weighted by Gasteiger charge is -2.34. The molecule has 1 aliphatic rings. The van der Waals surface area contributed by atoms with E-state index in [2.05, 4.69) is 4.90 Å². The van der Waals surface area contributed by atoms with E-state index in [1.807, 2.05) is 20.8 Å². The molecule has 6 nitrogen and oxygen atoms in total. The second kappa shape index (κ2) is 6.98. The molecular formula is C17H24N2O4. The van der Waals surface area contributed by atoms with Gasteiger partial charge in [0.25, 0.3) is 5.69 Å². The van der Waals surface area contributed by atoms with Crippen molar-refractivity contribution in [1.82, 2.24) is 0 Å². The highest BCUT2D eigenvalue weighted by Gasteiger charge is 2.30. The highest BCUT2D eigenvalue weighted by Crippen LogP contribution is 2.27. The molecule has 0 radical (unpaired) electrons. The fourth-order valence-electron chi connectivity index (χ4n) is 2.59. The standard InChI is InChI=1S/C17H24N2O4/c1-4-17(2,3)23-16(20)13-9-11-18(12-10-13)14-5-7-15(8-6-14)19(21)22/h5-8,13H,4,9-12H2,1-3H3. The van der Waals surface area contributed by atoms with Crippen LogP contribution in [0.15, 0.2) is 24.3 Å². The number of benzene rings is 1. The molecule has 0 unspecified atom stereocenters. The van der Waals surface area contributed by atoms with E-state index in [1.165, 1.54) is 12.1 Å². The summed E-state index contributed by atoms with van der Waals surface area (Å²) in [5.41, 5.74) is 0.636. The summed E-state index contributed by atoms with van der Waals surface area (Å²) in [5, 5.41) is 10.7. The minimum atomic E-state index is -0.410. The van der Waals surface area contributed by atoms with E-state index < -0.39 is 10.5 Å². The maximum Gasteiger partial charge on any atom is 0.309 e. The van der Waals surface area contributed by atoms with Crippen LogP contribution in [-0.2, 0) is 9.53 Å².